The van der Waals surface area contributed by atoms with Crippen molar-refractivity contribution in [2.45, 2.75) is 75.1 Å². The molecule has 3 fully saturated rings. The van der Waals surface area contributed by atoms with Crippen LogP contribution in [-0.2, 0) is 14.8 Å². The summed E-state index contributed by atoms with van der Waals surface area (Å²) >= 11 is 0. The molecule has 1 aromatic heterocycles. The second-order valence-corrected chi connectivity index (χ2v) is 11.1. The fourth-order valence-electron chi connectivity index (χ4n) is 5.00. The highest BCUT2D eigenvalue weighted by Crippen LogP contribution is 2.26. The number of H-pyrrole nitrogens is 1. The zero-order valence-corrected chi connectivity index (χ0v) is 19.0. The van der Waals surface area contributed by atoms with Crippen molar-refractivity contribution in [2.75, 3.05) is 26.2 Å². The van der Waals surface area contributed by atoms with Crippen molar-refractivity contribution in [1.29, 1.82) is 0 Å². The van der Waals surface area contributed by atoms with Crippen molar-refractivity contribution in [3.8, 4) is 0 Å². The van der Waals surface area contributed by atoms with Crippen molar-refractivity contribution < 1.29 is 18.0 Å². The Morgan fingerprint density at radius 3 is 2.39 bits per heavy atom. The first kappa shape index (κ1) is 22.3. The summed E-state index contributed by atoms with van der Waals surface area (Å²) in [4.78, 5) is 30.2. The molecule has 2 N–H and O–H groups in total. The molecule has 0 radical (unpaired) electrons. The maximum atomic E-state index is 13.2. The van der Waals surface area contributed by atoms with Crippen molar-refractivity contribution in [1.82, 2.24) is 19.5 Å². The number of nitrogens with zero attached hydrogens (tertiary/aromatic N) is 2. The summed E-state index contributed by atoms with van der Waals surface area (Å²) in [7, 11) is -3.75. The molecule has 9 heteroatoms. The van der Waals surface area contributed by atoms with Crippen molar-refractivity contribution in [3.05, 3.63) is 18.0 Å². The number of aromatic amines is 1. The molecule has 3 aliphatic rings. The molecular formula is C22H34N4O4S. The lowest BCUT2D eigenvalue weighted by molar-refractivity contribution is -0.127. The van der Waals surface area contributed by atoms with Crippen LogP contribution >= 0.6 is 0 Å². The number of carbonyl (C=O) groups is 2. The Morgan fingerprint density at radius 1 is 0.935 bits per heavy atom. The molecule has 1 unspecified atom stereocenters. The van der Waals surface area contributed by atoms with E-state index in [0.717, 1.165) is 44.9 Å². The molecule has 1 atom stereocenters. The van der Waals surface area contributed by atoms with Gasteiger partial charge in [-0.05, 0) is 51.0 Å². The fourth-order valence-corrected chi connectivity index (χ4v) is 6.52. The Morgan fingerprint density at radius 2 is 1.65 bits per heavy atom. The first-order valence-electron chi connectivity index (χ1n) is 11.7. The molecule has 1 saturated carbocycles. The Bertz CT molecular complexity index is 885. The normalized spacial score (nSPS) is 24.1. The molecule has 1 aromatic rings. The summed E-state index contributed by atoms with van der Waals surface area (Å²) in [6.45, 7) is 2.02. The first-order valence-corrected chi connectivity index (χ1v) is 13.2. The summed E-state index contributed by atoms with van der Waals surface area (Å²) in [5.41, 5.74) is 0.309. The molecule has 4 rings (SSSR count). The molecule has 172 valence electrons. The molecule has 2 aliphatic heterocycles. The number of hydrogen-bond acceptors (Lipinski definition) is 4. The number of rotatable bonds is 5. The van der Waals surface area contributed by atoms with Crippen LogP contribution in [0.4, 0.5) is 0 Å². The summed E-state index contributed by atoms with van der Waals surface area (Å²) in [6.07, 6.45) is 11.4. The molecule has 0 bridgehead atoms. The van der Waals surface area contributed by atoms with Gasteiger partial charge in [-0.15, -0.1) is 0 Å². The minimum Gasteiger partial charge on any atom is -0.356 e. The van der Waals surface area contributed by atoms with Gasteiger partial charge >= 0.3 is 0 Å². The second-order valence-electron chi connectivity index (χ2n) is 9.15. The SMILES string of the molecule is O=C(NC1CCCCC1)C1CCCN(S(=O)(=O)c2c[nH]c(C(=O)N3CCCCC3)c2)C1. The number of nitrogens with one attached hydrogen (secondary N) is 2. The number of hydrogen-bond donors (Lipinski definition) is 2. The molecule has 1 aliphatic carbocycles. The number of piperidine rings is 2. The van der Waals surface area contributed by atoms with E-state index in [1.165, 1.54) is 23.0 Å². The van der Waals surface area contributed by atoms with Gasteiger partial charge in [-0.1, -0.05) is 19.3 Å². The predicted octanol–water partition coefficient (Wildman–Crippen LogP) is 2.49. The lowest BCUT2D eigenvalue weighted by atomic mass is 9.93. The Hall–Kier alpha value is -1.87. The number of likely N-dealkylation sites (tertiary alicyclic amines) is 1. The number of amides is 2. The third kappa shape index (κ3) is 5.14. The minimum atomic E-state index is -3.75. The Balaban J connectivity index is 1.40. The maximum absolute atomic E-state index is 13.2. The zero-order valence-electron chi connectivity index (χ0n) is 18.1. The zero-order chi connectivity index (χ0) is 21.8. The van der Waals surface area contributed by atoms with Gasteiger partial charge in [0.1, 0.15) is 10.6 Å². The topological polar surface area (TPSA) is 103 Å². The van der Waals surface area contributed by atoms with Crippen LogP contribution in [0.3, 0.4) is 0 Å². The van der Waals surface area contributed by atoms with E-state index in [4.69, 9.17) is 0 Å². The van der Waals surface area contributed by atoms with E-state index in [9.17, 15) is 18.0 Å². The monoisotopic (exact) mass is 450 g/mol. The molecular weight excluding hydrogens is 416 g/mol. The third-order valence-electron chi connectivity index (χ3n) is 6.87. The van der Waals surface area contributed by atoms with Crippen molar-refractivity contribution >= 4 is 21.8 Å². The van der Waals surface area contributed by atoms with Crippen LogP contribution in [0.2, 0.25) is 0 Å². The van der Waals surface area contributed by atoms with E-state index in [0.29, 0.717) is 38.2 Å². The highest BCUT2D eigenvalue weighted by atomic mass is 32.2. The van der Waals surface area contributed by atoms with Crippen molar-refractivity contribution in [2.24, 2.45) is 5.92 Å². The van der Waals surface area contributed by atoms with Gasteiger partial charge in [0.15, 0.2) is 0 Å². The summed E-state index contributed by atoms with van der Waals surface area (Å²) in [5.74, 6) is -0.495. The molecule has 3 heterocycles. The van der Waals surface area contributed by atoms with E-state index >= 15 is 0 Å². The number of sulfonamides is 1. The van der Waals surface area contributed by atoms with Crippen LogP contribution in [0.5, 0.6) is 0 Å². The molecule has 2 amide bonds. The van der Waals surface area contributed by atoms with E-state index in [2.05, 4.69) is 10.3 Å². The highest BCUT2D eigenvalue weighted by Gasteiger charge is 2.35. The molecule has 0 aromatic carbocycles. The predicted molar refractivity (Wildman–Crippen MR) is 117 cm³/mol. The van der Waals surface area contributed by atoms with Gasteiger partial charge in [0.2, 0.25) is 15.9 Å². The van der Waals surface area contributed by atoms with Gasteiger partial charge in [0.25, 0.3) is 5.91 Å². The average Bonchev–Trinajstić information content (AvgIpc) is 3.31. The van der Waals surface area contributed by atoms with E-state index in [1.54, 1.807) is 4.90 Å². The second kappa shape index (κ2) is 9.73. The van der Waals surface area contributed by atoms with Crippen LogP contribution in [0.1, 0.15) is 74.7 Å². The minimum absolute atomic E-state index is 0.0261. The Labute approximate surface area is 184 Å². The fraction of sp³-hybridized carbons (Fsp3) is 0.727. The van der Waals surface area contributed by atoms with Gasteiger partial charge in [-0.3, -0.25) is 9.59 Å². The first-order chi connectivity index (χ1) is 14.9. The largest absolute Gasteiger partial charge is 0.356 e. The van der Waals surface area contributed by atoms with Crippen molar-refractivity contribution in [3.63, 3.8) is 0 Å². The quantitative estimate of drug-likeness (QED) is 0.719. The Kier molecular flexibility index (Phi) is 7.01. The molecule has 31 heavy (non-hydrogen) atoms. The summed E-state index contributed by atoms with van der Waals surface area (Å²) in [5, 5.41) is 3.14. The van der Waals surface area contributed by atoms with E-state index in [1.807, 2.05) is 0 Å². The molecule has 0 spiro atoms. The lowest BCUT2D eigenvalue weighted by Crippen LogP contribution is -2.47. The molecule has 8 nitrogen and oxygen atoms in total. The van der Waals surface area contributed by atoms with Crippen LogP contribution in [0.25, 0.3) is 0 Å². The van der Waals surface area contributed by atoms with Gasteiger partial charge in [0, 0.05) is 38.4 Å². The van der Waals surface area contributed by atoms with Crippen LogP contribution < -0.4 is 5.32 Å². The smallest absolute Gasteiger partial charge is 0.270 e. The number of carbonyl (C=O) groups excluding carboxylic acids is 2. The third-order valence-corrected chi connectivity index (χ3v) is 8.72. The molecule has 2 saturated heterocycles. The van der Waals surface area contributed by atoms with Gasteiger partial charge in [-0.25, -0.2) is 8.42 Å². The number of aromatic nitrogens is 1. The van der Waals surface area contributed by atoms with E-state index < -0.39 is 10.0 Å². The summed E-state index contributed by atoms with van der Waals surface area (Å²) < 4.78 is 27.8. The average molecular weight is 451 g/mol. The maximum Gasteiger partial charge on any atom is 0.270 e. The van der Waals surface area contributed by atoms with Gasteiger partial charge in [-0.2, -0.15) is 4.31 Å². The van der Waals surface area contributed by atoms with Gasteiger partial charge < -0.3 is 15.2 Å². The van der Waals surface area contributed by atoms with Crippen LogP contribution in [0, 0.1) is 5.92 Å². The van der Waals surface area contributed by atoms with Crippen LogP contribution in [0.15, 0.2) is 17.2 Å². The lowest BCUT2D eigenvalue weighted by Gasteiger charge is -2.32. The van der Waals surface area contributed by atoms with Crippen LogP contribution in [-0.4, -0.2) is 66.6 Å². The standard InChI is InChI=1S/C22H34N4O4S/c27-21(24-18-9-3-1-4-10-18)17-8-7-13-26(16-17)31(29,30)19-14-20(23-15-19)22(28)25-11-5-2-6-12-25/h14-15,17-18,23H,1-13,16H2,(H,24,27). The van der Waals surface area contributed by atoms with E-state index in [-0.39, 0.29) is 35.2 Å². The summed E-state index contributed by atoms with van der Waals surface area (Å²) in [6, 6.07) is 1.67. The van der Waals surface area contributed by atoms with Gasteiger partial charge in [0.05, 0.1) is 5.92 Å². The highest BCUT2D eigenvalue weighted by molar-refractivity contribution is 7.89.